The third kappa shape index (κ3) is 3.44. The highest BCUT2D eigenvalue weighted by Gasteiger charge is 2.20. The molecule has 5 heteroatoms. The van der Waals surface area contributed by atoms with Crippen LogP contribution in [0.15, 0.2) is 18.2 Å². The number of hydrogen-bond acceptors (Lipinski definition) is 3. The van der Waals surface area contributed by atoms with Crippen LogP contribution in [0.3, 0.4) is 0 Å². The summed E-state index contributed by atoms with van der Waals surface area (Å²) < 4.78 is 5.37. The zero-order valence-electron chi connectivity index (χ0n) is 12.0. The van der Waals surface area contributed by atoms with Crippen molar-refractivity contribution >= 4 is 28.9 Å². The van der Waals surface area contributed by atoms with Crippen LogP contribution >= 0.6 is 11.6 Å². The molecule has 0 saturated carbocycles. The molecule has 4 nitrogen and oxygen atoms in total. The normalized spacial score (nSPS) is 16.9. The van der Waals surface area contributed by atoms with Crippen LogP contribution in [0.1, 0.15) is 20.3 Å². The lowest BCUT2D eigenvalue weighted by atomic mass is 10.1. The Balaban J connectivity index is 2.23. The molecule has 0 aliphatic carbocycles. The quantitative estimate of drug-likeness (QED) is 0.928. The minimum atomic E-state index is -0.00785. The molecular weight excluding hydrogens is 276 g/mol. The number of halogens is 1. The van der Waals surface area contributed by atoms with Gasteiger partial charge in [-0.1, -0.05) is 31.5 Å². The zero-order valence-corrected chi connectivity index (χ0v) is 12.7. The lowest BCUT2D eigenvalue weighted by Gasteiger charge is -2.31. The van der Waals surface area contributed by atoms with E-state index >= 15 is 0 Å². The number of amides is 1. The van der Waals surface area contributed by atoms with Crippen LogP contribution in [-0.2, 0) is 9.53 Å². The van der Waals surface area contributed by atoms with Crippen LogP contribution in [0.25, 0.3) is 0 Å². The molecule has 110 valence electrons. The van der Waals surface area contributed by atoms with E-state index in [4.69, 9.17) is 16.3 Å². The Morgan fingerprint density at radius 3 is 2.80 bits per heavy atom. The first-order chi connectivity index (χ1) is 9.63. The number of morpholine rings is 1. The number of nitrogens with zero attached hydrogens (tertiary/aromatic N) is 1. The topological polar surface area (TPSA) is 41.6 Å². The Morgan fingerprint density at radius 2 is 2.15 bits per heavy atom. The van der Waals surface area contributed by atoms with Crippen molar-refractivity contribution in [2.24, 2.45) is 5.92 Å². The molecule has 1 amide bonds. The molecule has 1 N–H and O–H groups in total. The summed E-state index contributed by atoms with van der Waals surface area (Å²) in [4.78, 5) is 14.3. The van der Waals surface area contributed by atoms with Crippen molar-refractivity contribution < 1.29 is 9.53 Å². The highest BCUT2D eigenvalue weighted by atomic mass is 35.5. The van der Waals surface area contributed by atoms with Crippen LogP contribution in [0.5, 0.6) is 0 Å². The molecule has 1 aliphatic rings. The predicted molar refractivity (Wildman–Crippen MR) is 82.6 cm³/mol. The molecular formula is C15H21ClN2O2. The molecule has 1 aromatic carbocycles. The van der Waals surface area contributed by atoms with Gasteiger partial charge in [0.15, 0.2) is 0 Å². The van der Waals surface area contributed by atoms with Gasteiger partial charge in [0.2, 0.25) is 5.91 Å². The van der Waals surface area contributed by atoms with Gasteiger partial charge >= 0.3 is 0 Å². The van der Waals surface area contributed by atoms with Crippen molar-refractivity contribution in [1.29, 1.82) is 0 Å². The fourth-order valence-corrected chi connectivity index (χ4v) is 2.46. The van der Waals surface area contributed by atoms with Gasteiger partial charge in [0.05, 0.1) is 29.6 Å². The molecule has 1 atom stereocenters. The van der Waals surface area contributed by atoms with E-state index in [1.54, 1.807) is 0 Å². The third-order valence-electron chi connectivity index (χ3n) is 3.63. The van der Waals surface area contributed by atoms with Crippen molar-refractivity contribution in [3.05, 3.63) is 23.2 Å². The van der Waals surface area contributed by atoms with E-state index in [2.05, 4.69) is 10.2 Å². The summed E-state index contributed by atoms with van der Waals surface area (Å²) in [6.45, 7) is 6.87. The smallest absolute Gasteiger partial charge is 0.227 e. The van der Waals surface area contributed by atoms with E-state index in [1.807, 2.05) is 32.0 Å². The minimum absolute atomic E-state index is 0.00785. The Kier molecular flexibility index (Phi) is 5.26. The summed E-state index contributed by atoms with van der Waals surface area (Å²) in [5, 5.41) is 3.65. The lowest BCUT2D eigenvalue weighted by Crippen LogP contribution is -2.37. The number of rotatable bonds is 4. The van der Waals surface area contributed by atoms with E-state index in [9.17, 15) is 4.79 Å². The van der Waals surface area contributed by atoms with Crippen molar-refractivity contribution in [3.8, 4) is 0 Å². The monoisotopic (exact) mass is 296 g/mol. The summed E-state index contributed by atoms with van der Waals surface area (Å²) in [6.07, 6.45) is 0.819. The van der Waals surface area contributed by atoms with Gasteiger partial charge in [-0.2, -0.15) is 0 Å². The molecule has 0 bridgehead atoms. The molecule has 0 radical (unpaired) electrons. The number of para-hydroxylation sites is 1. The van der Waals surface area contributed by atoms with Crippen LogP contribution in [0.4, 0.5) is 11.4 Å². The van der Waals surface area contributed by atoms with Gasteiger partial charge in [0.1, 0.15) is 0 Å². The maximum absolute atomic E-state index is 12.1. The molecule has 1 fully saturated rings. The first kappa shape index (κ1) is 15.1. The van der Waals surface area contributed by atoms with Gasteiger partial charge in [-0.15, -0.1) is 0 Å². The van der Waals surface area contributed by atoms with E-state index in [0.717, 1.165) is 30.9 Å². The molecule has 0 aromatic heterocycles. The Labute approximate surface area is 125 Å². The van der Waals surface area contributed by atoms with E-state index in [0.29, 0.717) is 18.2 Å². The number of ether oxygens (including phenoxy) is 1. The lowest BCUT2D eigenvalue weighted by molar-refractivity contribution is -0.119. The fraction of sp³-hybridized carbons (Fsp3) is 0.533. The van der Waals surface area contributed by atoms with Crippen molar-refractivity contribution in [2.75, 3.05) is 36.5 Å². The SMILES string of the molecule is CCC(C)C(=O)Nc1cccc(Cl)c1N1CCOCC1. The number of anilines is 2. The van der Waals surface area contributed by atoms with Crippen molar-refractivity contribution in [3.63, 3.8) is 0 Å². The first-order valence-electron chi connectivity index (χ1n) is 7.05. The fourth-order valence-electron chi connectivity index (χ4n) is 2.17. The number of nitrogens with one attached hydrogen (secondary N) is 1. The number of hydrogen-bond donors (Lipinski definition) is 1. The molecule has 2 rings (SSSR count). The summed E-state index contributed by atoms with van der Waals surface area (Å²) >= 11 is 6.33. The molecule has 1 unspecified atom stereocenters. The average Bonchev–Trinajstić information content (AvgIpc) is 2.47. The predicted octanol–water partition coefficient (Wildman–Crippen LogP) is 3.16. The van der Waals surface area contributed by atoms with Crippen LogP contribution in [-0.4, -0.2) is 32.2 Å². The summed E-state index contributed by atoms with van der Waals surface area (Å²) in [6, 6.07) is 5.61. The number of carbonyl (C=O) groups excluding carboxylic acids is 1. The minimum Gasteiger partial charge on any atom is -0.378 e. The van der Waals surface area contributed by atoms with Gasteiger partial charge in [-0.05, 0) is 18.6 Å². The van der Waals surface area contributed by atoms with E-state index < -0.39 is 0 Å². The number of benzene rings is 1. The van der Waals surface area contributed by atoms with Crippen LogP contribution < -0.4 is 10.2 Å². The summed E-state index contributed by atoms with van der Waals surface area (Å²) in [5.41, 5.74) is 1.68. The second-order valence-corrected chi connectivity index (χ2v) is 5.44. The third-order valence-corrected chi connectivity index (χ3v) is 3.94. The molecule has 1 aromatic rings. The first-order valence-corrected chi connectivity index (χ1v) is 7.43. The highest BCUT2D eigenvalue weighted by Crippen LogP contribution is 2.34. The second kappa shape index (κ2) is 6.95. The Morgan fingerprint density at radius 1 is 1.45 bits per heavy atom. The average molecular weight is 297 g/mol. The number of carbonyl (C=O) groups is 1. The molecule has 1 saturated heterocycles. The van der Waals surface area contributed by atoms with Gasteiger partial charge in [-0.3, -0.25) is 4.79 Å². The van der Waals surface area contributed by atoms with Gasteiger partial charge < -0.3 is 15.0 Å². The van der Waals surface area contributed by atoms with E-state index in [-0.39, 0.29) is 11.8 Å². The van der Waals surface area contributed by atoms with Crippen LogP contribution in [0, 0.1) is 5.92 Å². The molecule has 20 heavy (non-hydrogen) atoms. The maximum atomic E-state index is 12.1. The largest absolute Gasteiger partial charge is 0.378 e. The maximum Gasteiger partial charge on any atom is 0.227 e. The standard InChI is InChI=1S/C15H21ClN2O2/c1-3-11(2)15(19)17-13-6-4-5-12(16)14(13)18-7-9-20-10-8-18/h4-6,11H,3,7-10H2,1-2H3,(H,17,19). The van der Waals surface area contributed by atoms with Crippen LogP contribution in [0.2, 0.25) is 5.02 Å². The van der Waals surface area contributed by atoms with Crippen molar-refractivity contribution in [1.82, 2.24) is 0 Å². The van der Waals surface area contributed by atoms with Gasteiger partial charge in [0.25, 0.3) is 0 Å². The highest BCUT2D eigenvalue weighted by molar-refractivity contribution is 6.34. The summed E-state index contributed by atoms with van der Waals surface area (Å²) in [7, 11) is 0. The molecule has 1 aliphatic heterocycles. The van der Waals surface area contributed by atoms with Crippen molar-refractivity contribution in [2.45, 2.75) is 20.3 Å². The summed E-state index contributed by atoms with van der Waals surface area (Å²) in [5.74, 6) is 0.0239. The van der Waals surface area contributed by atoms with Gasteiger partial charge in [-0.25, -0.2) is 0 Å². The molecule has 0 spiro atoms. The van der Waals surface area contributed by atoms with E-state index in [1.165, 1.54) is 0 Å². The van der Waals surface area contributed by atoms with Gasteiger partial charge in [0, 0.05) is 19.0 Å². The second-order valence-electron chi connectivity index (χ2n) is 5.03. The Hall–Kier alpha value is -1.26. The molecule has 1 heterocycles. The Bertz CT molecular complexity index is 473. The zero-order chi connectivity index (χ0) is 14.5.